The van der Waals surface area contributed by atoms with Crippen LogP contribution in [0.15, 0.2) is 6.33 Å². The van der Waals surface area contributed by atoms with Gasteiger partial charge in [-0.05, 0) is 45.4 Å². The Kier molecular flexibility index (Phi) is 4.76. The van der Waals surface area contributed by atoms with Crippen molar-refractivity contribution >= 4 is 11.7 Å². The van der Waals surface area contributed by atoms with Crippen LogP contribution >= 0.6 is 0 Å². The average Bonchev–Trinajstić information content (AvgIpc) is 2.54. The topological polar surface area (TPSA) is 69.6 Å². The van der Waals surface area contributed by atoms with Gasteiger partial charge in [-0.15, -0.1) is 0 Å². The first kappa shape index (κ1) is 17.1. The quantitative estimate of drug-likeness (QED) is 0.912. The molecule has 0 bridgehead atoms. The molecule has 2 fully saturated rings. The fraction of sp³-hybridized carbons (Fsp3) is 0.722. The van der Waals surface area contributed by atoms with Crippen molar-refractivity contribution in [2.24, 2.45) is 5.41 Å². The predicted octanol–water partition coefficient (Wildman–Crippen LogP) is 1.68. The number of aliphatic hydroxyl groups is 1. The van der Waals surface area contributed by atoms with Crippen molar-refractivity contribution in [2.45, 2.75) is 52.6 Å². The highest BCUT2D eigenvalue weighted by molar-refractivity contribution is 5.77. The molecule has 1 atom stereocenters. The lowest BCUT2D eigenvalue weighted by atomic mass is 9.72. The number of nitrogens with zero attached hydrogens (tertiary/aromatic N) is 4. The molecule has 2 aliphatic rings. The van der Waals surface area contributed by atoms with Crippen molar-refractivity contribution < 1.29 is 9.90 Å². The van der Waals surface area contributed by atoms with E-state index < -0.39 is 6.10 Å². The summed E-state index contributed by atoms with van der Waals surface area (Å²) in [6, 6.07) is 0. The number of piperidine rings is 2. The largest absolute Gasteiger partial charge is 0.392 e. The number of carbonyl (C=O) groups is 1. The van der Waals surface area contributed by atoms with Crippen LogP contribution in [-0.2, 0) is 4.79 Å². The molecule has 0 saturated carbocycles. The molecule has 6 heteroatoms. The van der Waals surface area contributed by atoms with Crippen LogP contribution < -0.4 is 4.90 Å². The number of aryl methyl sites for hydroxylation is 1. The highest BCUT2D eigenvalue weighted by atomic mass is 16.3. The average molecular weight is 332 g/mol. The lowest BCUT2D eigenvalue weighted by Crippen LogP contribution is -2.53. The molecule has 0 aliphatic carbocycles. The predicted molar refractivity (Wildman–Crippen MR) is 92.9 cm³/mol. The van der Waals surface area contributed by atoms with Crippen molar-refractivity contribution in [3.63, 3.8) is 0 Å². The number of hydrogen-bond donors (Lipinski definition) is 1. The monoisotopic (exact) mass is 332 g/mol. The van der Waals surface area contributed by atoms with Crippen molar-refractivity contribution in [2.75, 3.05) is 31.1 Å². The van der Waals surface area contributed by atoms with Gasteiger partial charge in [0.05, 0.1) is 6.10 Å². The number of rotatable bonds is 3. The fourth-order valence-corrected chi connectivity index (χ4v) is 4.03. The first-order chi connectivity index (χ1) is 11.4. The first-order valence-corrected chi connectivity index (χ1v) is 8.89. The smallest absolute Gasteiger partial charge is 0.222 e. The minimum absolute atomic E-state index is 0.186. The van der Waals surface area contributed by atoms with Gasteiger partial charge < -0.3 is 14.9 Å². The molecule has 1 amide bonds. The Morgan fingerprint density at radius 3 is 2.62 bits per heavy atom. The zero-order valence-corrected chi connectivity index (χ0v) is 15.0. The van der Waals surface area contributed by atoms with Gasteiger partial charge in [0.2, 0.25) is 5.91 Å². The molecule has 1 N–H and O–H groups in total. The van der Waals surface area contributed by atoms with Crippen molar-refractivity contribution in [1.29, 1.82) is 0 Å². The standard InChI is InChI=1S/C18H28N4O2/c1-13(23)10-22-11-18(5-4-16(22)24)6-8-21(9-7-18)17-14(2)15(3)19-12-20-17/h12-13,23H,4-11H2,1-3H3. The third-order valence-corrected chi connectivity index (χ3v) is 5.67. The molecule has 0 aromatic carbocycles. The van der Waals surface area contributed by atoms with Crippen molar-refractivity contribution in [3.05, 3.63) is 17.6 Å². The summed E-state index contributed by atoms with van der Waals surface area (Å²) in [6.45, 7) is 9.02. The van der Waals surface area contributed by atoms with E-state index in [9.17, 15) is 9.90 Å². The van der Waals surface area contributed by atoms with E-state index in [0.717, 1.165) is 56.0 Å². The number of likely N-dealkylation sites (tertiary alicyclic amines) is 1. The van der Waals surface area contributed by atoms with Crippen LogP contribution in [0.5, 0.6) is 0 Å². The van der Waals surface area contributed by atoms with E-state index >= 15 is 0 Å². The fourth-order valence-electron chi connectivity index (χ4n) is 4.03. The highest BCUT2D eigenvalue weighted by Crippen LogP contribution is 2.41. The molecule has 24 heavy (non-hydrogen) atoms. The van der Waals surface area contributed by atoms with Gasteiger partial charge in [-0.1, -0.05) is 0 Å². The van der Waals surface area contributed by atoms with Crippen LogP contribution in [0, 0.1) is 19.3 Å². The summed E-state index contributed by atoms with van der Waals surface area (Å²) < 4.78 is 0. The summed E-state index contributed by atoms with van der Waals surface area (Å²) in [6.07, 6.45) is 4.90. The third kappa shape index (κ3) is 3.38. The Labute approximate surface area is 143 Å². The molecule has 2 saturated heterocycles. The molecule has 1 unspecified atom stereocenters. The van der Waals surface area contributed by atoms with Gasteiger partial charge in [0, 0.05) is 43.9 Å². The maximum Gasteiger partial charge on any atom is 0.222 e. The minimum Gasteiger partial charge on any atom is -0.392 e. The molecule has 132 valence electrons. The summed E-state index contributed by atoms with van der Waals surface area (Å²) in [5.41, 5.74) is 2.39. The molecule has 2 aliphatic heterocycles. The SMILES string of the molecule is Cc1ncnc(N2CCC3(CCC(=O)N(CC(C)O)C3)CC2)c1C. The van der Waals surface area contributed by atoms with E-state index in [-0.39, 0.29) is 11.3 Å². The van der Waals surface area contributed by atoms with E-state index in [1.165, 1.54) is 0 Å². The van der Waals surface area contributed by atoms with Crippen LogP contribution in [0.3, 0.4) is 0 Å². The van der Waals surface area contributed by atoms with Crippen molar-refractivity contribution in [3.8, 4) is 0 Å². The van der Waals surface area contributed by atoms with Gasteiger partial charge >= 0.3 is 0 Å². The number of amides is 1. The van der Waals surface area contributed by atoms with Crippen molar-refractivity contribution in [1.82, 2.24) is 14.9 Å². The molecule has 3 heterocycles. The van der Waals surface area contributed by atoms with Gasteiger partial charge in [0.25, 0.3) is 0 Å². The molecule has 1 aromatic rings. The normalized spacial score (nSPS) is 22.1. The second kappa shape index (κ2) is 6.67. The minimum atomic E-state index is -0.462. The maximum atomic E-state index is 12.1. The summed E-state index contributed by atoms with van der Waals surface area (Å²) in [4.78, 5) is 25.1. The molecule has 6 nitrogen and oxygen atoms in total. The molecule has 0 radical (unpaired) electrons. The molecular weight excluding hydrogens is 304 g/mol. The Balaban J connectivity index is 1.68. The number of aromatic nitrogens is 2. The van der Waals surface area contributed by atoms with Crippen LogP contribution in [0.25, 0.3) is 0 Å². The Morgan fingerprint density at radius 2 is 1.96 bits per heavy atom. The number of carbonyl (C=O) groups excluding carboxylic acids is 1. The number of hydrogen-bond acceptors (Lipinski definition) is 5. The number of β-amino-alcohol motifs (C(OH)–C–C–N with tert-alkyl or cyclic N) is 1. The third-order valence-electron chi connectivity index (χ3n) is 5.67. The molecule has 1 aromatic heterocycles. The molecule has 1 spiro atoms. The Morgan fingerprint density at radius 1 is 1.25 bits per heavy atom. The summed E-state index contributed by atoms with van der Waals surface area (Å²) in [5.74, 6) is 1.23. The maximum absolute atomic E-state index is 12.1. The molecular formula is C18H28N4O2. The summed E-state index contributed by atoms with van der Waals surface area (Å²) in [7, 11) is 0. The van der Waals surface area contributed by atoms with Gasteiger partial charge in [-0.2, -0.15) is 0 Å². The second-order valence-electron chi connectivity index (χ2n) is 7.52. The van der Waals surface area contributed by atoms with E-state index in [2.05, 4.69) is 21.8 Å². The number of anilines is 1. The van der Waals surface area contributed by atoms with E-state index in [0.29, 0.717) is 13.0 Å². The lowest BCUT2D eigenvalue weighted by Gasteiger charge is -2.48. The Hall–Kier alpha value is -1.69. The zero-order valence-electron chi connectivity index (χ0n) is 15.0. The zero-order chi connectivity index (χ0) is 17.3. The Bertz CT molecular complexity index is 609. The van der Waals surface area contributed by atoms with Gasteiger partial charge in [-0.3, -0.25) is 4.79 Å². The van der Waals surface area contributed by atoms with Crippen LogP contribution in [0.4, 0.5) is 5.82 Å². The van der Waals surface area contributed by atoms with Gasteiger partial charge in [0.1, 0.15) is 12.1 Å². The summed E-state index contributed by atoms with van der Waals surface area (Å²) in [5, 5.41) is 9.64. The second-order valence-corrected chi connectivity index (χ2v) is 7.52. The number of aliphatic hydroxyl groups excluding tert-OH is 1. The van der Waals surface area contributed by atoms with Gasteiger partial charge in [-0.25, -0.2) is 9.97 Å². The highest BCUT2D eigenvalue weighted by Gasteiger charge is 2.41. The first-order valence-electron chi connectivity index (χ1n) is 8.89. The summed E-state index contributed by atoms with van der Waals surface area (Å²) >= 11 is 0. The van der Waals surface area contributed by atoms with E-state index in [4.69, 9.17) is 0 Å². The van der Waals surface area contributed by atoms with Crippen LogP contribution in [0.1, 0.15) is 43.9 Å². The molecule has 3 rings (SSSR count). The van der Waals surface area contributed by atoms with Crippen LogP contribution in [0.2, 0.25) is 0 Å². The van der Waals surface area contributed by atoms with E-state index in [1.807, 2.05) is 11.8 Å². The van der Waals surface area contributed by atoms with E-state index in [1.54, 1.807) is 13.3 Å². The van der Waals surface area contributed by atoms with Gasteiger partial charge in [0.15, 0.2) is 0 Å². The lowest BCUT2D eigenvalue weighted by molar-refractivity contribution is -0.139. The van der Waals surface area contributed by atoms with Crippen LogP contribution in [-0.4, -0.2) is 58.2 Å².